The van der Waals surface area contributed by atoms with E-state index < -0.39 is 11.0 Å². The number of thiazole rings is 1. The third-order valence-electron chi connectivity index (χ3n) is 2.90. The van der Waals surface area contributed by atoms with Gasteiger partial charge in [-0.2, -0.15) is 9.38 Å². The highest BCUT2D eigenvalue weighted by Crippen LogP contribution is 2.29. The Morgan fingerprint density at radius 3 is 2.80 bits per heavy atom. The quantitative estimate of drug-likeness (QED) is 0.643. The number of carbonyl (C=O) groups is 1. The van der Waals surface area contributed by atoms with E-state index in [4.69, 9.17) is 0 Å². The molecule has 2 aromatic heterocycles. The predicted octanol–water partition coefficient (Wildman–Crippen LogP) is 1.49. The Bertz CT molecular complexity index is 648. The van der Waals surface area contributed by atoms with Crippen molar-refractivity contribution in [3.63, 3.8) is 0 Å². The molecule has 0 bridgehead atoms. The Labute approximate surface area is 119 Å². The molecule has 0 aromatic carbocycles. The van der Waals surface area contributed by atoms with Gasteiger partial charge in [0.25, 0.3) is 4.96 Å². The minimum absolute atomic E-state index is 0.0331. The Kier molecular flexibility index (Phi) is 3.89. The van der Waals surface area contributed by atoms with Gasteiger partial charge in [0.1, 0.15) is 12.2 Å². The van der Waals surface area contributed by atoms with E-state index in [2.05, 4.69) is 15.6 Å². The summed E-state index contributed by atoms with van der Waals surface area (Å²) >= 11 is 1.30. The maximum Gasteiger partial charge on any atom is 0.372 e. The SMILES string of the molecule is CNC(=O)C(Nc1nc2sccn2c1[N+](=O)[O-])C(C)C. The van der Waals surface area contributed by atoms with Crippen molar-refractivity contribution in [3.05, 3.63) is 21.7 Å². The van der Waals surface area contributed by atoms with Crippen LogP contribution in [0.1, 0.15) is 13.8 Å². The van der Waals surface area contributed by atoms with Crippen LogP contribution in [0.15, 0.2) is 11.6 Å². The molecule has 2 N–H and O–H groups in total. The first-order valence-corrected chi connectivity index (χ1v) is 6.91. The molecule has 0 fully saturated rings. The van der Waals surface area contributed by atoms with E-state index in [1.807, 2.05) is 13.8 Å². The van der Waals surface area contributed by atoms with Crippen molar-refractivity contribution < 1.29 is 9.72 Å². The maximum absolute atomic E-state index is 11.8. The summed E-state index contributed by atoms with van der Waals surface area (Å²) in [6.07, 6.45) is 1.58. The van der Waals surface area contributed by atoms with Crippen molar-refractivity contribution in [3.8, 4) is 0 Å². The second kappa shape index (κ2) is 5.45. The summed E-state index contributed by atoms with van der Waals surface area (Å²) < 4.78 is 1.40. The lowest BCUT2D eigenvalue weighted by molar-refractivity contribution is -0.389. The zero-order chi connectivity index (χ0) is 14.9. The maximum atomic E-state index is 11.8. The average molecular weight is 297 g/mol. The fourth-order valence-electron chi connectivity index (χ4n) is 1.88. The van der Waals surface area contributed by atoms with E-state index in [0.29, 0.717) is 4.96 Å². The number of rotatable bonds is 5. The van der Waals surface area contributed by atoms with Crippen LogP contribution in [0.2, 0.25) is 0 Å². The van der Waals surface area contributed by atoms with Crippen LogP contribution in [-0.2, 0) is 4.79 Å². The molecule has 1 atom stereocenters. The van der Waals surface area contributed by atoms with Crippen LogP contribution >= 0.6 is 11.3 Å². The summed E-state index contributed by atoms with van der Waals surface area (Å²) in [6.45, 7) is 3.72. The summed E-state index contributed by atoms with van der Waals surface area (Å²) in [5.74, 6) is -0.306. The highest BCUT2D eigenvalue weighted by Gasteiger charge is 2.29. The van der Waals surface area contributed by atoms with Crippen LogP contribution in [-0.4, -0.2) is 33.3 Å². The zero-order valence-corrected chi connectivity index (χ0v) is 12.1. The van der Waals surface area contributed by atoms with E-state index in [-0.39, 0.29) is 23.5 Å². The summed E-state index contributed by atoms with van der Waals surface area (Å²) in [5, 5.41) is 18.3. The molecule has 108 valence electrons. The minimum Gasteiger partial charge on any atom is -0.358 e. The fourth-order valence-corrected chi connectivity index (χ4v) is 2.59. The summed E-state index contributed by atoms with van der Waals surface area (Å²) in [7, 11) is 1.53. The molecule has 0 aliphatic heterocycles. The monoisotopic (exact) mass is 297 g/mol. The highest BCUT2D eigenvalue weighted by atomic mass is 32.1. The molecule has 0 spiro atoms. The van der Waals surface area contributed by atoms with Crippen LogP contribution in [0.4, 0.5) is 11.6 Å². The number of likely N-dealkylation sites (N-methyl/N-ethyl adjacent to an activating group) is 1. The first kappa shape index (κ1) is 14.3. The normalized spacial score (nSPS) is 12.6. The lowest BCUT2D eigenvalue weighted by Gasteiger charge is -2.20. The Hall–Kier alpha value is -2.16. The van der Waals surface area contributed by atoms with Crippen molar-refractivity contribution in [2.45, 2.75) is 19.9 Å². The minimum atomic E-state index is -0.580. The number of hydrogen-bond acceptors (Lipinski definition) is 6. The number of nitrogens with one attached hydrogen (secondary N) is 2. The summed E-state index contributed by atoms with van der Waals surface area (Å²) in [6, 6.07) is -0.580. The Morgan fingerprint density at radius 1 is 1.55 bits per heavy atom. The van der Waals surface area contributed by atoms with Gasteiger partial charge >= 0.3 is 5.82 Å². The van der Waals surface area contributed by atoms with Gasteiger partial charge in [-0.1, -0.05) is 25.2 Å². The number of anilines is 1. The zero-order valence-electron chi connectivity index (χ0n) is 11.3. The van der Waals surface area contributed by atoms with Gasteiger partial charge in [0.15, 0.2) is 0 Å². The van der Waals surface area contributed by atoms with Crippen molar-refractivity contribution in [1.29, 1.82) is 0 Å². The standard InChI is InChI=1S/C11H15N5O3S/c1-6(2)7(9(17)12-3)13-8-10(16(18)19)15-4-5-20-11(15)14-8/h4-7,13H,1-3H3,(H,12,17). The predicted molar refractivity (Wildman–Crippen MR) is 76.0 cm³/mol. The average Bonchev–Trinajstić information content (AvgIpc) is 2.93. The number of imidazole rings is 1. The molecule has 20 heavy (non-hydrogen) atoms. The lowest BCUT2D eigenvalue weighted by Crippen LogP contribution is -2.41. The third kappa shape index (κ3) is 2.44. The topological polar surface area (TPSA) is 102 Å². The van der Waals surface area contributed by atoms with Gasteiger partial charge < -0.3 is 20.7 Å². The number of carbonyl (C=O) groups excluding carboxylic acids is 1. The van der Waals surface area contributed by atoms with Gasteiger partial charge in [-0.15, -0.1) is 0 Å². The van der Waals surface area contributed by atoms with Crippen LogP contribution < -0.4 is 10.6 Å². The molecular formula is C11H15N5O3S. The van der Waals surface area contributed by atoms with Gasteiger partial charge in [-0.3, -0.25) is 4.79 Å². The van der Waals surface area contributed by atoms with Crippen molar-refractivity contribution in [1.82, 2.24) is 14.7 Å². The van der Waals surface area contributed by atoms with Crippen molar-refractivity contribution in [2.24, 2.45) is 5.92 Å². The van der Waals surface area contributed by atoms with E-state index in [1.54, 1.807) is 11.6 Å². The Morgan fingerprint density at radius 2 is 2.25 bits per heavy atom. The second-order valence-electron chi connectivity index (χ2n) is 4.58. The molecule has 1 unspecified atom stereocenters. The Balaban J connectivity index is 2.41. The van der Waals surface area contributed by atoms with Gasteiger partial charge in [0.05, 0.1) is 0 Å². The highest BCUT2D eigenvalue weighted by molar-refractivity contribution is 7.15. The van der Waals surface area contributed by atoms with E-state index in [1.165, 1.54) is 22.8 Å². The molecular weight excluding hydrogens is 282 g/mol. The van der Waals surface area contributed by atoms with Gasteiger partial charge in [-0.25, -0.2) is 0 Å². The molecule has 0 aliphatic rings. The van der Waals surface area contributed by atoms with Crippen molar-refractivity contribution in [2.75, 3.05) is 12.4 Å². The summed E-state index contributed by atoms with van der Waals surface area (Å²) in [4.78, 5) is 27.2. The largest absolute Gasteiger partial charge is 0.372 e. The molecule has 8 nitrogen and oxygen atoms in total. The number of amides is 1. The molecule has 2 rings (SSSR count). The second-order valence-corrected chi connectivity index (χ2v) is 5.45. The molecule has 9 heteroatoms. The smallest absolute Gasteiger partial charge is 0.358 e. The van der Waals surface area contributed by atoms with E-state index in [9.17, 15) is 14.9 Å². The molecule has 2 heterocycles. The first-order chi connectivity index (χ1) is 9.45. The fraction of sp³-hybridized carbons (Fsp3) is 0.455. The van der Waals surface area contributed by atoms with Gasteiger partial charge in [0.2, 0.25) is 11.7 Å². The molecule has 0 aliphatic carbocycles. The number of fused-ring (bicyclic) bond motifs is 1. The van der Waals surface area contributed by atoms with Crippen LogP contribution in [0.3, 0.4) is 0 Å². The van der Waals surface area contributed by atoms with E-state index in [0.717, 1.165) is 0 Å². The lowest BCUT2D eigenvalue weighted by atomic mass is 10.0. The molecule has 0 saturated carbocycles. The molecule has 1 amide bonds. The molecule has 0 saturated heterocycles. The number of nitro groups is 1. The first-order valence-electron chi connectivity index (χ1n) is 6.03. The van der Waals surface area contributed by atoms with Gasteiger partial charge in [0, 0.05) is 12.4 Å². The van der Waals surface area contributed by atoms with Gasteiger partial charge in [-0.05, 0) is 10.8 Å². The van der Waals surface area contributed by atoms with Crippen molar-refractivity contribution >= 4 is 33.8 Å². The van der Waals surface area contributed by atoms with E-state index >= 15 is 0 Å². The molecule has 2 aromatic rings. The number of aromatic nitrogens is 2. The number of hydrogen-bond donors (Lipinski definition) is 2. The van der Waals surface area contributed by atoms with Crippen LogP contribution in [0, 0.1) is 16.0 Å². The van der Waals surface area contributed by atoms with Crippen LogP contribution in [0.5, 0.6) is 0 Å². The number of nitrogens with zero attached hydrogens (tertiary/aromatic N) is 3. The molecule has 0 radical (unpaired) electrons. The third-order valence-corrected chi connectivity index (χ3v) is 3.65. The van der Waals surface area contributed by atoms with Crippen LogP contribution in [0.25, 0.3) is 4.96 Å². The summed E-state index contributed by atoms with van der Waals surface area (Å²) in [5.41, 5.74) is 0.